The second-order valence-electron chi connectivity index (χ2n) is 7.37. The van der Waals surface area contributed by atoms with Gasteiger partial charge < -0.3 is 20.3 Å². The van der Waals surface area contributed by atoms with Crippen LogP contribution in [0, 0.1) is 0 Å². The number of nitrogens with two attached hydrogens (primary N) is 1. The van der Waals surface area contributed by atoms with E-state index < -0.39 is 0 Å². The average molecular weight is 374 g/mol. The summed E-state index contributed by atoms with van der Waals surface area (Å²) < 4.78 is 11.4. The van der Waals surface area contributed by atoms with Gasteiger partial charge in [-0.25, -0.2) is 4.98 Å². The molecule has 1 aromatic heterocycles. The van der Waals surface area contributed by atoms with Crippen LogP contribution < -0.4 is 15.2 Å². The molecule has 1 unspecified atom stereocenters. The lowest BCUT2D eigenvalue weighted by Crippen LogP contribution is -2.19. The molecular formula is C23H22N2O3. The second kappa shape index (κ2) is 6.44. The number of anilines is 1. The summed E-state index contributed by atoms with van der Waals surface area (Å²) in [5.74, 6) is 1.91. The average Bonchev–Trinajstić information content (AvgIpc) is 2.73. The summed E-state index contributed by atoms with van der Waals surface area (Å²) in [6.07, 6.45) is 4.10. The Balaban J connectivity index is 1.77. The van der Waals surface area contributed by atoms with Crippen molar-refractivity contribution in [2.24, 2.45) is 0 Å². The van der Waals surface area contributed by atoms with Crippen LogP contribution in [0.3, 0.4) is 0 Å². The minimum Gasteiger partial charge on any atom is -0.507 e. The smallest absolute Gasteiger partial charge is 0.225 e. The molecule has 1 atom stereocenters. The van der Waals surface area contributed by atoms with Gasteiger partial charge in [0.15, 0.2) is 0 Å². The molecule has 5 nitrogen and oxygen atoms in total. The van der Waals surface area contributed by atoms with Crippen molar-refractivity contribution in [3.8, 4) is 23.1 Å². The molecule has 2 aliphatic rings. The maximum atomic E-state index is 10.7. The first-order valence-electron chi connectivity index (χ1n) is 9.62. The summed E-state index contributed by atoms with van der Waals surface area (Å²) in [5.41, 5.74) is 12.2. The van der Waals surface area contributed by atoms with Crippen LogP contribution in [-0.2, 0) is 12.8 Å². The van der Waals surface area contributed by atoms with Crippen LogP contribution in [0.4, 0.5) is 5.69 Å². The standard InChI is InChI=1S/C23H22N2O3/c1-27-14-11-9-13(10-12-14)19-20-17(26)7-4-8-18(20)28-23-21(19)22(24)15-5-2-3-6-16(15)25-23/h4,7-12,19,26H,2-3,5-6H2,1H3,(H2,24,25). The predicted molar refractivity (Wildman–Crippen MR) is 107 cm³/mol. The molecular weight excluding hydrogens is 352 g/mol. The van der Waals surface area contributed by atoms with Crippen LogP contribution in [0.2, 0.25) is 0 Å². The Morgan fingerprint density at radius 3 is 2.64 bits per heavy atom. The molecule has 0 spiro atoms. The fraction of sp³-hybridized carbons (Fsp3) is 0.261. The Morgan fingerprint density at radius 1 is 1.07 bits per heavy atom. The maximum Gasteiger partial charge on any atom is 0.225 e. The number of fused-ring (bicyclic) bond motifs is 3. The van der Waals surface area contributed by atoms with Gasteiger partial charge in [0, 0.05) is 22.9 Å². The Morgan fingerprint density at radius 2 is 1.86 bits per heavy atom. The first-order chi connectivity index (χ1) is 13.7. The van der Waals surface area contributed by atoms with E-state index in [0.29, 0.717) is 11.6 Å². The number of benzene rings is 2. The zero-order chi connectivity index (χ0) is 19.3. The van der Waals surface area contributed by atoms with E-state index in [1.807, 2.05) is 30.3 Å². The molecule has 1 aliphatic heterocycles. The third kappa shape index (κ3) is 2.50. The number of aromatic nitrogens is 1. The molecule has 3 N–H and O–H groups in total. The van der Waals surface area contributed by atoms with E-state index in [0.717, 1.165) is 65.1 Å². The van der Waals surface area contributed by atoms with Crippen molar-refractivity contribution in [3.05, 3.63) is 70.4 Å². The topological polar surface area (TPSA) is 77.6 Å². The number of nitrogen functional groups attached to an aromatic ring is 1. The fourth-order valence-electron chi connectivity index (χ4n) is 4.41. The summed E-state index contributed by atoms with van der Waals surface area (Å²) in [7, 11) is 1.65. The van der Waals surface area contributed by atoms with Gasteiger partial charge in [-0.05, 0) is 61.1 Å². The van der Waals surface area contributed by atoms with Crippen molar-refractivity contribution in [1.29, 1.82) is 0 Å². The van der Waals surface area contributed by atoms with Crippen molar-refractivity contribution < 1.29 is 14.6 Å². The van der Waals surface area contributed by atoms with Gasteiger partial charge in [-0.1, -0.05) is 18.2 Å². The van der Waals surface area contributed by atoms with E-state index in [2.05, 4.69) is 0 Å². The highest BCUT2D eigenvalue weighted by Gasteiger charge is 2.36. The van der Waals surface area contributed by atoms with Crippen molar-refractivity contribution >= 4 is 5.69 Å². The molecule has 0 radical (unpaired) electrons. The summed E-state index contributed by atoms with van der Waals surface area (Å²) in [5, 5.41) is 10.7. The van der Waals surface area contributed by atoms with E-state index in [1.165, 1.54) is 0 Å². The second-order valence-corrected chi connectivity index (χ2v) is 7.37. The molecule has 5 rings (SSSR count). The zero-order valence-corrected chi connectivity index (χ0v) is 15.7. The number of hydrogen-bond donors (Lipinski definition) is 2. The molecule has 0 fully saturated rings. The van der Waals surface area contributed by atoms with Gasteiger partial charge in [-0.15, -0.1) is 0 Å². The normalized spacial score (nSPS) is 17.1. The number of ether oxygens (including phenoxy) is 2. The van der Waals surface area contributed by atoms with Crippen molar-refractivity contribution in [2.45, 2.75) is 31.6 Å². The maximum absolute atomic E-state index is 10.7. The lowest BCUT2D eigenvalue weighted by molar-refractivity contribution is 0.409. The molecule has 0 amide bonds. The van der Waals surface area contributed by atoms with Gasteiger partial charge >= 0.3 is 0 Å². The number of methoxy groups -OCH3 is 1. The SMILES string of the molecule is COc1ccc(C2c3c(O)cccc3Oc3nc4c(c(N)c32)CCCC4)cc1. The van der Waals surface area contributed by atoms with Gasteiger partial charge in [0.1, 0.15) is 17.2 Å². The van der Waals surface area contributed by atoms with Crippen molar-refractivity contribution in [3.63, 3.8) is 0 Å². The molecule has 142 valence electrons. The molecule has 0 bridgehead atoms. The van der Waals surface area contributed by atoms with Crippen LogP contribution in [0.1, 0.15) is 46.7 Å². The van der Waals surface area contributed by atoms with E-state index in [-0.39, 0.29) is 11.7 Å². The Hall–Kier alpha value is -3.21. The molecule has 5 heteroatoms. The minimum absolute atomic E-state index is 0.195. The predicted octanol–water partition coefficient (Wildman–Crippen LogP) is 4.54. The quantitative estimate of drug-likeness (QED) is 0.538. The van der Waals surface area contributed by atoms with Crippen LogP contribution >= 0.6 is 0 Å². The molecule has 2 aromatic carbocycles. The van der Waals surface area contributed by atoms with Gasteiger partial charge in [-0.2, -0.15) is 0 Å². The summed E-state index contributed by atoms with van der Waals surface area (Å²) in [6, 6.07) is 13.2. The third-order valence-electron chi connectivity index (χ3n) is 5.80. The number of aryl methyl sites for hydroxylation is 1. The Labute approximate surface area is 163 Å². The van der Waals surface area contributed by atoms with Gasteiger partial charge in [0.05, 0.1) is 12.7 Å². The van der Waals surface area contributed by atoms with E-state index in [1.54, 1.807) is 19.2 Å². The number of pyridine rings is 1. The first kappa shape index (κ1) is 16.9. The van der Waals surface area contributed by atoms with Crippen LogP contribution in [0.5, 0.6) is 23.1 Å². The van der Waals surface area contributed by atoms with E-state index in [9.17, 15) is 5.11 Å². The molecule has 3 aromatic rings. The minimum atomic E-state index is -0.245. The molecule has 0 saturated carbocycles. The highest BCUT2D eigenvalue weighted by atomic mass is 16.5. The number of phenolic OH excluding ortho intramolecular Hbond substituents is 1. The Bertz CT molecular complexity index is 1060. The summed E-state index contributed by atoms with van der Waals surface area (Å²) in [6.45, 7) is 0. The fourth-order valence-corrected chi connectivity index (χ4v) is 4.41. The van der Waals surface area contributed by atoms with Crippen LogP contribution in [-0.4, -0.2) is 17.2 Å². The van der Waals surface area contributed by atoms with Crippen molar-refractivity contribution in [2.75, 3.05) is 12.8 Å². The number of rotatable bonds is 2. The molecule has 1 aliphatic carbocycles. The lowest BCUT2D eigenvalue weighted by Gasteiger charge is -2.32. The first-order valence-corrected chi connectivity index (χ1v) is 9.62. The summed E-state index contributed by atoms with van der Waals surface area (Å²) >= 11 is 0. The highest BCUT2D eigenvalue weighted by Crippen LogP contribution is 2.53. The summed E-state index contributed by atoms with van der Waals surface area (Å²) in [4.78, 5) is 4.84. The third-order valence-corrected chi connectivity index (χ3v) is 5.80. The molecule has 28 heavy (non-hydrogen) atoms. The number of aromatic hydroxyl groups is 1. The van der Waals surface area contributed by atoms with Gasteiger partial charge in [0.25, 0.3) is 0 Å². The zero-order valence-electron chi connectivity index (χ0n) is 15.7. The van der Waals surface area contributed by atoms with Gasteiger partial charge in [-0.3, -0.25) is 0 Å². The van der Waals surface area contributed by atoms with Crippen LogP contribution in [0.15, 0.2) is 42.5 Å². The van der Waals surface area contributed by atoms with E-state index in [4.69, 9.17) is 20.2 Å². The largest absolute Gasteiger partial charge is 0.507 e. The molecule has 2 heterocycles. The molecule has 0 saturated heterocycles. The van der Waals surface area contributed by atoms with Crippen LogP contribution in [0.25, 0.3) is 0 Å². The Kier molecular flexibility index (Phi) is 3.90. The highest BCUT2D eigenvalue weighted by molar-refractivity contribution is 5.70. The van der Waals surface area contributed by atoms with Crippen molar-refractivity contribution in [1.82, 2.24) is 4.98 Å². The van der Waals surface area contributed by atoms with E-state index >= 15 is 0 Å². The monoisotopic (exact) mass is 374 g/mol. The number of phenols is 1. The number of hydrogen-bond acceptors (Lipinski definition) is 5. The lowest BCUT2D eigenvalue weighted by atomic mass is 9.80. The number of nitrogens with zero attached hydrogens (tertiary/aromatic N) is 1. The van der Waals surface area contributed by atoms with Gasteiger partial charge in [0.2, 0.25) is 5.88 Å².